The van der Waals surface area contributed by atoms with Crippen LogP contribution >= 0.6 is 0 Å². The summed E-state index contributed by atoms with van der Waals surface area (Å²) in [5.74, 6) is 0.753. The fourth-order valence-corrected chi connectivity index (χ4v) is 2.72. The van der Waals surface area contributed by atoms with E-state index in [0.717, 1.165) is 25.7 Å². The first kappa shape index (κ1) is 12.9. The monoisotopic (exact) mass is 275 g/mol. The van der Waals surface area contributed by atoms with Crippen molar-refractivity contribution in [1.29, 1.82) is 0 Å². The van der Waals surface area contributed by atoms with Gasteiger partial charge in [-0.25, -0.2) is 0 Å². The number of nitrogen functional groups attached to an aromatic ring is 1. The van der Waals surface area contributed by atoms with Crippen molar-refractivity contribution in [1.82, 2.24) is 10.1 Å². The van der Waals surface area contributed by atoms with Crippen molar-refractivity contribution in [2.24, 2.45) is 0 Å². The van der Waals surface area contributed by atoms with Crippen molar-refractivity contribution >= 4 is 5.69 Å². The summed E-state index contributed by atoms with van der Waals surface area (Å²) in [6.07, 6.45) is 3.93. The van der Waals surface area contributed by atoms with Crippen molar-refractivity contribution in [3.05, 3.63) is 24.0 Å². The molecule has 0 spiro atoms. The molecule has 1 aromatic heterocycles. The number of nitrogens with zero attached hydrogens (tertiary/aromatic N) is 2. The largest absolute Gasteiger partial charge is 0.505 e. The predicted molar refractivity (Wildman–Crippen MR) is 73.0 cm³/mol. The third-order valence-corrected chi connectivity index (χ3v) is 3.93. The highest BCUT2D eigenvalue weighted by molar-refractivity contribution is 5.71. The average molecular weight is 275 g/mol. The van der Waals surface area contributed by atoms with Gasteiger partial charge in [0.25, 0.3) is 5.89 Å². The van der Waals surface area contributed by atoms with E-state index in [9.17, 15) is 5.11 Å². The third-order valence-electron chi connectivity index (χ3n) is 3.93. The van der Waals surface area contributed by atoms with Crippen LogP contribution in [-0.2, 0) is 10.3 Å². The number of nitrogens with two attached hydrogens (primary N) is 1. The van der Waals surface area contributed by atoms with Gasteiger partial charge < -0.3 is 20.1 Å². The molecule has 3 N–H and O–H groups in total. The SMILES string of the molecule is COC1(c2noc(-c3cccc(N)c3O)n2)CCCC1. The van der Waals surface area contributed by atoms with Crippen LogP contribution in [0.2, 0.25) is 0 Å². The number of rotatable bonds is 3. The van der Waals surface area contributed by atoms with Gasteiger partial charge in [0.1, 0.15) is 5.60 Å². The molecule has 0 amide bonds. The van der Waals surface area contributed by atoms with Crippen LogP contribution in [0.25, 0.3) is 11.5 Å². The van der Waals surface area contributed by atoms with Crippen LogP contribution in [-0.4, -0.2) is 22.4 Å². The maximum atomic E-state index is 9.96. The Morgan fingerprint density at radius 3 is 2.80 bits per heavy atom. The summed E-state index contributed by atoms with van der Waals surface area (Å²) in [6, 6.07) is 5.04. The van der Waals surface area contributed by atoms with Crippen molar-refractivity contribution < 1.29 is 14.4 Å². The van der Waals surface area contributed by atoms with Gasteiger partial charge in [0.2, 0.25) is 5.82 Å². The van der Waals surface area contributed by atoms with Crippen LogP contribution in [0.5, 0.6) is 5.75 Å². The molecule has 20 heavy (non-hydrogen) atoms. The summed E-state index contributed by atoms with van der Waals surface area (Å²) in [4.78, 5) is 4.39. The highest BCUT2D eigenvalue weighted by atomic mass is 16.5. The number of phenols is 1. The minimum Gasteiger partial charge on any atom is -0.505 e. The number of anilines is 1. The molecular formula is C14H17N3O3. The second-order valence-electron chi connectivity index (χ2n) is 5.07. The maximum Gasteiger partial charge on any atom is 0.261 e. The first-order chi connectivity index (χ1) is 9.66. The summed E-state index contributed by atoms with van der Waals surface area (Å²) >= 11 is 0. The van der Waals surface area contributed by atoms with E-state index in [1.807, 2.05) is 0 Å². The Balaban J connectivity index is 2.00. The molecule has 6 nitrogen and oxygen atoms in total. The van der Waals surface area contributed by atoms with Gasteiger partial charge in [-0.15, -0.1) is 0 Å². The molecule has 1 aromatic carbocycles. The van der Waals surface area contributed by atoms with Gasteiger partial charge in [-0.05, 0) is 37.8 Å². The Hall–Kier alpha value is -2.08. The second-order valence-corrected chi connectivity index (χ2v) is 5.07. The molecule has 6 heteroatoms. The topological polar surface area (TPSA) is 94.4 Å². The third kappa shape index (κ3) is 1.92. The minimum absolute atomic E-state index is 0.0411. The summed E-state index contributed by atoms with van der Waals surface area (Å²) in [6.45, 7) is 0. The Kier molecular flexibility index (Phi) is 3.10. The van der Waals surface area contributed by atoms with E-state index in [1.54, 1.807) is 25.3 Å². The Labute approximate surface area is 116 Å². The Bertz CT molecular complexity index is 618. The molecular weight excluding hydrogens is 258 g/mol. The maximum absolute atomic E-state index is 9.96. The predicted octanol–water partition coefficient (Wildman–Crippen LogP) is 2.44. The number of phenolic OH excluding ortho intramolecular Hbond substituents is 1. The molecule has 0 unspecified atom stereocenters. The van der Waals surface area contributed by atoms with Crippen LogP contribution in [0, 0.1) is 0 Å². The van der Waals surface area contributed by atoms with Gasteiger partial charge in [0.15, 0.2) is 5.75 Å². The van der Waals surface area contributed by atoms with E-state index >= 15 is 0 Å². The average Bonchev–Trinajstić information content (AvgIpc) is 3.10. The number of benzene rings is 1. The number of aromatic nitrogens is 2. The number of aromatic hydroxyl groups is 1. The lowest BCUT2D eigenvalue weighted by molar-refractivity contribution is -0.0178. The minimum atomic E-state index is -0.461. The zero-order valence-electron chi connectivity index (χ0n) is 11.3. The number of hydrogen-bond donors (Lipinski definition) is 2. The fraction of sp³-hybridized carbons (Fsp3) is 0.429. The van der Waals surface area contributed by atoms with Crippen molar-refractivity contribution in [2.45, 2.75) is 31.3 Å². The van der Waals surface area contributed by atoms with Crippen LogP contribution in [0.3, 0.4) is 0 Å². The second kappa shape index (κ2) is 4.79. The standard InChI is InChI=1S/C14H17N3O3/c1-19-14(7-2-3-8-14)13-16-12(20-17-13)9-5-4-6-10(15)11(9)18/h4-6,18H,2-3,7-8,15H2,1H3. The highest BCUT2D eigenvalue weighted by Gasteiger charge is 2.40. The van der Waals surface area contributed by atoms with Crippen molar-refractivity contribution in [3.8, 4) is 17.2 Å². The molecule has 3 rings (SSSR count). The quantitative estimate of drug-likeness (QED) is 0.660. The van der Waals surface area contributed by atoms with Crippen molar-refractivity contribution in [3.63, 3.8) is 0 Å². The van der Waals surface area contributed by atoms with E-state index in [0.29, 0.717) is 11.4 Å². The Morgan fingerprint density at radius 2 is 2.10 bits per heavy atom. The summed E-state index contributed by atoms with van der Waals surface area (Å²) in [5, 5.41) is 14.0. The smallest absolute Gasteiger partial charge is 0.261 e. The normalized spacial score (nSPS) is 17.4. The number of para-hydroxylation sites is 1. The van der Waals surface area contributed by atoms with E-state index in [-0.39, 0.29) is 17.3 Å². The molecule has 106 valence electrons. The van der Waals surface area contributed by atoms with E-state index in [2.05, 4.69) is 10.1 Å². The van der Waals surface area contributed by atoms with E-state index < -0.39 is 5.60 Å². The molecule has 1 aliphatic carbocycles. The lowest BCUT2D eigenvalue weighted by Gasteiger charge is -2.22. The molecule has 1 fully saturated rings. The highest BCUT2D eigenvalue weighted by Crippen LogP contribution is 2.41. The van der Waals surface area contributed by atoms with Crippen LogP contribution in [0.4, 0.5) is 5.69 Å². The molecule has 0 aliphatic heterocycles. The lowest BCUT2D eigenvalue weighted by Crippen LogP contribution is -2.25. The van der Waals surface area contributed by atoms with Crippen LogP contribution in [0.15, 0.2) is 22.7 Å². The molecule has 1 heterocycles. The molecule has 1 saturated carbocycles. The summed E-state index contributed by atoms with van der Waals surface area (Å²) < 4.78 is 10.9. The molecule has 0 radical (unpaired) electrons. The lowest BCUT2D eigenvalue weighted by atomic mass is 10.0. The molecule has 0 saturated heterocycles. The van der Waals surface area contributed by atoms with Crippen LogP contribution in [0.1, 0.15) is 31.5 Å². The first-order valence-electron chi connectivity index (χ1n) is 6.63. The fourth-order valence-electron chi connectivity index (χ4n) is 2.72. The molecule has 0 atom stereocenters. The number of hydrogen-bond acceptors (Lipinski definition) is 6. The van der Waals surface area contributed by atoms with Crippen molar-refractivity contribution in [2.75, 3.05) is 12.8 Å². The van der Waals surface area contributed by atoms with E-state index in [4.69, 9.17) is 15.0 Å². The van der Waals surface area contributed by atoms with Gasteiger partial charge in [-0.1, -0.05) is 11.2 Å². The molecule has 1 aliphatic rings. The van der Waals surface area contributed by atoms with E-state index in [1.165, 1.54) is 0 Å². The zero-order valence-corrected chi connectivity index (χ0v) is 11.3. The van der Waals surface area contributed by atoms with Gasteiger partial charge in [0, 0.05) is 7.11 Å². The number of methoxy groups -OCH3 is 1. The molecule has 0 bridgehead atoms. The molecule has 2 aromatic rings. The zero-order chi connectivity index (χ0) is 14.2. The van der Waals surface area contributed by atoms with Gasteiger partial charge in [-0.3, -0.25) is 0 Å². The van der Waals surface area contributed by atoms with Gasteiger partial charge >= 0.3 is 0 Å². The first-order valence-corrected chi connectivity index (χ1v) is 6.63. The van der Waals surface area contributed by atoms with Gasteiger partial charge in [0.05, 0.1) is 11.3 Å². The Morgan fingerprint density at radius 1 is 1.35 bits per heavy atom. The summed E-state index contributed by atoms with van der Waals surface area (Å²) in [7, 11) is 1.67. The van der Waals surface area contributed by atoms with Gasteiger partial charge in [-0.2, -0.15) is 4.98 Å². The number of ether oxygens (including phenoxy) is 1. The summed E-state index contributed by atoms with van der Waals surface area (Å²) in [5.41, 5.74) is 5.93. The van der Waals surface area contributed by atoms with Crippen LogP contribution < -0.4 is 5.73 Å².